The number of carbonyl (C=O) groups excluding carboxylic acids is 1. The summed E-state index contributed by atoms with van der Waals surface area (Å²) in [4.78, 5) is 13.2. The van der Waals surface area contributed by atoms with Gasteiger partial charge in [0.2, 0.25) is 5.91 Å². The third-order valence-corrected chi connectivity index (χ3v) is 13.4. The molecule has 14 nitrogen and oxygen atoms in total. The standard InChI is InChI=1S/C58H101NO13/c1-3-5-7-9-11-13-15-17-19-20-21-22-23-24-25-26-28-30-32-34-36-38-40-42-50(63)59-46(47(62)41-39-37-35-33-31-29-27-18-16-14-12-10-8-6-4-2)45-69-57-55(68)53(66)56(49(44-61)71-57)72-58-54(67)52(65)51(64)48(43-60)70-58/h5,7,11,13,17,19,21-22,24-25,39,41,46-49,51-58,60-62,64-68H,3-4,6,8-10,12,14-16,18,20,23,26-38,40,42-45H2,1-2H3,(H,59,63)/b7-5-,13-11-,19-17-,22-21-,25-24-,41-39+. The molecule has 14 heteroatoms. The smallest absolute Gasteiger partial charge is 0.220 e. The van der Waals surface area contributed by atoms with Gasteiger partial charge in [-0.15, -0.1) is 0 Å². The Hall–Kier alpha value is -2.57. The Morgan fingerprint density at radius 2 is 0.958 bits per heavy atom. The van der Waals surface area contributed by atoms with Gasteiger partial charge in [-0.1, -0.05) is 196 Å². The van der Waals surface area contributed by atoms with Crippen LogP contribution in [0, 0.1) is 0 Å². The second-order valence-electron chi connectivity index (χ2n) is 19.7. The fraction of sp³-hybridized carbons (Fsp3) is 0.776. The molecular weight excluding hydrogens is 919 g/mol. The number of aliphatic hydroxyl groups excluding tert-OH is 8. The Bertz CT molecular complexity index is 1480. The first kappa shape index (κ1) is 65.5. The van der Waals surface area contributed by atoms with Gasteiger partial charge in [-0.3, -0.25) is 4.79 Å². The molecule has 0 saturated carbocycles. The van der Waals surface area contributed by atoms with Gasteiger partial charge in [0.15, 0.2) is 12.6 Å². The van der Waals surface area contributed by atoms with Crippen LogP contribution in [-0.2, 0) is 23.7 Å². The fourth-order valence-corrected chi connectivity index (χ4v) is 8.85. The summed E-state index contributed by atoms with van der Waals surface area (Å²) in [6.07, 6.45) is 39.3. The monoisotopic (exact) mass is 1020 g/mol. The highest BCUT2D eigenvalue weighted by Crippen LogP contribution is 2.30. The van der Waals surface area contributed by atoms with Gasteiger partial charge in [0, 0.05) is 6.42 Å². The van der Waals surface area contributed by atoms with Gasteiger partial charge in [0.05, 0.1) is 32.0 Å². The van der Waals surface area contributed by atoms with Gasteiger partial charge in [-0.25, -0.2) is 0 Å². The normalized spacial score (nSPS) is 26.1. The van der Waals surface area contributed by atoms with Crippen molar-refractivity contribution < 1.29 is 64.6 Å². The molecule has 2 fully saturated rings. The molecule has 2 rings (SSSR count). The SMILES string of the molecule is CC/C=C\C/C=C\C/C=C\C/C=C\C/C=C\CCCCCCCCCC(=O)NC(COC1OC(CO)C(OC2OC(CO)C(O)C(O)C2O)C(O)C1O)C(O)/C=C/CCCCCCCCCCCCCCC. The van der Waals surface area contributed by atoms with E-state index in [0.29, 0.717) is 6.42 Å². The Balaban J connectivity index is 1.79. The van der Waals surface area contributed by atoms with Crippen LogP contribution in [0.5, 0.6) is 0 Å². The van der Waals surface area contributed by atoms with Crippen LogP contribution in [0.3, 0.4) is 0 Å². The van der Waals surface area contributed by atoms with E-state index in [2.05, 4.69) is 79.9 Å². The predicted molar refractivity (Wildman–Crippen MR) is 286 cm³/mol. The lowest BCUT2D eigenvalue weighted by atomic mass is 9.97. The molecule has 2 aliphatic heterocycles. The largest absolute Gasteiger partial charge is 0.394 e. The van der Waals surface area contributed by atoms with Crippen LogP contribution in [0.15, 0.2) is 72.9 Å². The van der Waals surface area contributed by atoms with E-state index in [0.717, 1.165) is 89.9 Å². The van der Waals surface area contributed by atoms with Crippen molar-refractivity contribution in [2.45, 2.75) is 267 Å². The van der Waals surface area contributed by atoms with Crippen molar-refractivity contribution in [1.82, 2.24) is 5.32 Å². The molecule has 0 aromatic carbocycles. The summed E-state index contributed by atoms with van der Waals surface area (Å²) in [6, 6.07) is -0.924. The first-order chi connectivity index (χ1) is 35.1. The Morgan fingerprint density at radius 1 is 0.514 bits per heavy atom. The summed E-state index contributed by atoms with van der Waals surface area (Å²) >= 11 is 0. The summed E-state index contributed by atoms with van der Waals surface area (Å²) < 4.78 is 22.7. The van der Waals surface area contributed by atoms with Crippen LogP contribution in [0.1, 0.15) is 194 Å². The molecule has 0 bridgehead atoms. The van der Waals surface area contributed by atoms with Gasteiger partial charge in [0.1, 0.15) is 48.8 Å². The number of unbranched alkanes of at least 4 members (excludes halogenated alkanes) is 20. The van der Waals surface area contributed by atoms with E-state index in [1.807, 2.05) is 6.08 Å². The third kappa shape index (κ3) is 29.5. The molecule has 416 valence electrons. The molecule has 0 spiro atoms. The zero-order valence-electron chi connectivity index (χ0n) is 44.4. The van der Waals surface area contributed by atoms with Gasteiger partial charge in [-0.05, 0) is 64.2 Å². The zero-order chi connectivity index (χ0) is 52.4. The minimum atomic E-state index is -1.79. The summed E-state index contributed by atoms with van der Waals surface area (Å²) in [7, 11) is 0. The molecule has 12 atom stereocenters. The van der Waals surface area contributed by atoms with Gasteiger partial charge >= 0.3 is 0 Å². The molecule has 12 unspecified atom stereocenters. The number of ether oxygens (including phenoxy) is 4. The average Bonchev–Trinajstić information content (AvgIpc) is 3.38. The van der Waals surface area contributed by atoms with E-state index < -0.39 is 86.8 Å². The number of aliphatic hydroxyl groups is 8. The van der Waals surface area contributed by atoms with Crippen molar-refractivity contribution in [1.29, 1.82) is 0 Å². The lowest BCUT2D eigenvalue weighted by Gasteiger charge is -2.46. The van der Waals surface area contributed by atoms with E-state index >= 15 is 0 Å². The summed E-state index contributed by atoms with van der Waals surface area (Å²) in [5.41, 5.74) is 0. The van der Waals surface area contributed by atoms with E-state index in [-0.39, 0.29) is 18.9 Å². The second-order valence-corrected chi connectivity index (χ2v) is 19.7. The van der Waals surface area contributed by atoms with Crippen molar-refractivity contribution in [2.24, 2.45) is 0 Å². The molecule has 0 radical (unpaired) electrons. The topological polar surface area (TPSA) is 228 Å². The number of hydrogen-bond acceptors (Lipinski definition) is 13. The minimum Gasteiger partial charge on any atom is -0.394 e. The number of rotatable bonds is 43. The lowest BCUT2D eigenvalue weighted by Crippen LogP contribution is -2.65. The number of allylic oxidation sites excluding steroid dienone is 11. The van der Waals surface area contributed by atoms with Crippen LogP contribution in [0.2, 0.25) is 0 Å². The van der Waals surface area contributed by atoms with E-state index in [1.54, 1.807) is 6.08 Å². The Kier molecular flexibility index (Phi) is 39.7. The molecular formula is C58H101NO13. The van der Waals surface area contributed by atoms with Crippen molar-refractivity contribution in [3.63, 3.8) is 0 Å². The maximum atomic E-state index is 13.2. The molecule has 1 amide bonds. The van der Waals surface area contributed by atoms with Crippen molar-refractivity contribution in [3.8, 4) is 0 Å². The maximum absolute atomic E-state index is 13.2. The third-order valence-electron chi connectivity index (χ3n) is 13.4. The molecule has 0 aromatic heterocycles. The molecule has 2 saturated heterocycles. The summed E-state index contributed by atoms with van der Waals surface area (Å²) in [5.74, 6) is -0.254. The highest BCUT2D eigenvalue weighted by atomic mass is 16.7. The quantitative estimate of drug-likeness (QED) is 0.0206. The highest BCUT2D eigenvalue weighted by molar-refractivity contribution is 5.76. The van der Waals surface area contributed by atoms with Gasteiger partial charge < -0.3 is 65.1 Å². The zero-order valence-corrected chi connectivity index (χ0v) is 44.4. The molecule has 72 heavy (non-hydrogen) atoms. The highest BCUT2D eigenvalue weighted by Gasteiger charge is 2.51. The van der Waals surface area contributed by atoms with Crippen LogP contribution < -0.4 is 5.32 Å². The number of hydrogen-bond donors (Lipinski definition) is 9. The van der Waals surface area contributed by atoms with Crippen LogP contribution >= 0.6 is 0 Å². The molecule has 0 aliphatic carbocycles. The first-order valence-electron chi connectivity index (χ1n) is 28.2. The predicted octanol–water partition coefficient (Wildman–Crippen LogP) is 8.77. The molecule has 9 N–H and O–H groups in total. The maximum Gasteiger partial charge on any atom is 0.220 e. The molecule has 2 aliphatic rings. The summed E-state index contributed by atoms with van der Waals surface area (Å²) in [5, 5.41) is 87.0. The second kappa shape index (κ2) is 43.6. The van der Waals surface area contributed by atoms with Gasteiger partial charge in [-0.2, -0.15) is 0 Å². The first-order valence-corrected chi connectivity index (χ1v) is 28.2. The van der Waals surface area contributed by atoms with Crippen molar-refractivity contribution in [3.05, 3.63) is 72.9 Å². The minimum absolute atomic E-state index is 0.254. The van der Waals surface area contributed by atoms with Crippen LogP contribution in [-0.4, -0.2) is 140 Å². The Labute approximate surface area is 434 Å². The average molecular weight is 1020 g/mol. The number of carbonyl (C=O) groups is 1. The van der Waals surface area contributed by atoms with E-state index in [9.17, 15) is 45.6 Å². The van der Waals surface area contributed by atoms with Crippen LogP contribution in [0.25, 0.3) is 0 Å². The van der Waals surface area contributed by atoms with Crippen LogP contribution in [0.4, 0.5) is 0 Å². The number of amides is 1. The van der Waals surface area contributed by atoms with E-state index in [4.69, 9.17) is 18.9 Å². The van der Waals surface area contributed by atoms with Crippen molar-refractivity contribution in [2.75, 3.05) is 19.8 Å². The van der Waals surface area contributed by atoms with E-state index in [1.165, 1.54) is 77.0 Å². The lowest BCUT2D eigenvalue weighted by molar-refractivity contribution is -0.359. The molecule has 0 aromatic rings. The van der Waals surface area contributed by atoms with Crippen molar-refractivity contribution >= 4 is 5.91 Å². The molecule has 2 heterocycles. The van der Waals surface area contributed by atoms with Gasteiger partial charge in [0.25, 0.3) is 0 Å². The number of nitrogens with one attached hydrogen (secondary N) is 1. The summed E-state index contributed by atoms with van der Waals surface area (Å²) in [6.45, 7) is 2.66. The Morgan fingerprint density at radius 3 is 1.47 bits per heavy atom. The fourth-order valence-electron chi connectivity index (χ4n) is 8.85.